The summed E-state index contributed by atoms with van der Waals surface area (Å²) in [6.45, 7) is 8.47. The number of hydrogen-bond donors (Lipinski definition) is 2. The minimum atomic E-state index is 0.595. The lowest BCUT2D eigenvalue weighted by molar-refractivity contribution is 0.0134. The van der Waals surface area contributed by atoms with Crippen LogP contribution in [0.4, 0.5) is 0 Å². The normalized spacial score (nSPS) is 53.7. The number of nitrogens with one attached hydrogen (secondary N) is 2. The van der Waals surface area contributed by atoms with Gasteiger partial charge in [0.15, 0.2) is 0 Å². The van der Waals surface area contributed by atoms with Crippen molar-refractivity contribution in [2.45, 2.75) is 57.8 Å². The maximum Gasteiger partial charge on any atom is 0.0573 e. The van der Waals surface area contributed by atoms with Gasteiger partial charge in [0.25, 0.3) is 0 Å². The topological polar surface area (TPSA) is 27.3 Å². The van der Waals surface area contributed by atoms with Gasteiger partial charge in [-0.1, -0.05) is 6.92 Å². The Balaban J connectivity index is 1.54. The summed E-state index contributed by atoms with van der Waals surface area (Å²) < 4.78 is 0. The van der Waals surface area contributed by atoms with Gasteiger partial charge in [-0.15, -0.1) is 0 Å². The first-order chi connectivity index (χ1) is 9.26. The van der Waals surface area contributed by atoms with Crippen LogP contribution in [0.25, 0.3) is 0 Å². The van der Waals surface area contributed by atoms with Crippen molar-refractivity contribution in [3.8, 4) is 0 Å². The lowest BCUT2D eigenvalue weighted by atomic mass is 9.59. The molecular weight excluding hydrogens is 234 g/mol. The predicted octanol–water partition coefficient (Wildman–Crippen LogP) is 1.65. The fourth-order valence-corrected chi connectivity index (χ4v) is 5.89. The summed E-state index contributed by atoms with van der Waals surface area (Å²) >= 11 is 0. The van der Waals surface area contributed by atoms with Crippen LogP contribution in [0, 0.1) is 23.7 Å². The van der Waals surface area contributed by atoms with Crippen molar-refractivity contribution in [1.29, 1.82) is 0 Å². The molecule has 19 heavy (non-hydrogen) atoms. The van der Waals surface area contributed by atoms with Crippen molar-refractivity contribution < 1.29 is 0 Å². The van der Waals surface area contributed by atoms with Crippen molar-refractivity contribution in [2.75, 3.05) is 19.6 Å². The van der Waals surface area contributed by atoms with E-state index in [0.717, 1.165) is 35.8 Å². The number of nitrogens with zero attached hydrogens (tertiary/aromatic N) is 1. The molecule has 2 heterocycles. The lowest BCUT2D eigenvalue weighted by Gasteiger charge is -2.51. The highest BCUT2D eigenvalue weighted by Gasteiger charge is 2.49. The molecule has 2 aliphatic heterocycles. The molecule has 3 nitrogen and oxygen atoms in total. The lowest BCUT2D eigenvalue weighted by Crippen LogP contribution is -2.53. The second kappa shape index (κ2) is 4.71. The van der Waals surface area contributed by atoms with Crippen molar-refractivity contribution in [3.05, 3.63) is 0 Å². The Bertz CT molecular complexity index is 345. The Hall–Kier alpha value is -0.120. The van der Waals surface area contributed by atoms with Gasteiger partial charge in [-0.2, -0.15) is 0 Å². The summed E-state index contributed by atoms with van der Waals surface area (Å²) in [5.74, 6) is 3.99. The van der Waals surface area contributed by atoms with Gasteiger partial charge in [0.2, 0.25) is 0 Å². The SMILES string of the molecule is CCN1C(C)NC2CC3C4CNCC(C4)CC3CC21. The van der Waals surface area contributed by atoms with E-state index in [4.69, 9.17) is 0 Å². The van der Waals surface area contributed by atoms with E-state index in [2.05, 4.69) is 29.4 Å². The van der Waals surface area contributed by atoms with E-state index in [0.29, 0.717) is 6.17 Å². The second-order valence-electron chi connectivity index (χ2n) is 7.50. The van der Waals surface area contributed by atoms with E-state index in [1.165, 1.54) is 45.3 Å². The molecule has 0 aromatic heterocycles. The van der Waals surface area contributed by atoms with Gasteiger partial charge in [0.05, 0.1) is 6.17 Å². The van der Waals surface area contributed by atoms with Gasteiger partial charge in [-0.05, 0) is 75.9 Å². The first-order valence-electron chi connectivity index (χ1n) is 8.48. The van der Waals surface area contributed by atoms with Crippen molar-refractivity contribution >= 4 is 0 Å². The summed E-state index contributed by atoms with van der Waals surface area (Å²) in [6.07, 6.45) is 6.52. The largest absolute Gasteiger partial charge is 0.316 e. The zero-order valence-electron chi connectivity index (χ0n) is 12.4. The molecule has 7 atom stereocenters. The standard InChI is InChI=1S/C16H29N3/c1-3-19-10(2)18-15-7-14-12(6-16(15)19)4-11-5-13(14)9-17-8-11/h10-18H,3-9H2,1-2H3. The molecule has 3 heteroatoms. The summed E-state index contributed by atoms with van der Waals surface area (Å²) in [5, 5.41) is 7.55. The van der Waals surface area contributed by atoms with Gasteiger partial charge in [-0.25, -0.2) is 0 Å². The van der Waals surface area contributed by atoms with E-state index in [1.54, 1.807) is 0 Å². The summed E-state index contributed by atoms with van der Waals surface area (Å²) in [4.78, 5) is 2.71. The van der Waals surface area contributed by atoms with Crippen LogP contribution in [-0.2, 0) is 0 Å². The quantitative estimate of drug-likeness (QED) is 0.753. The molecule has 0 spiro atoms. The maximum absolute atomic E-state index is 3.87. The smallest absolute Gasteiger partial charge is 0.0573 e. The van der Waals surface area contributed by atoms with E-state index >= 15 is 0 Å². The van der Waals surface area contributed by atoms with Crippen molar-refractivity contribution in [2.24, 2.45) is 23.7 Å². The molecular formula is C16H29N3. The fraction of sp³-hybridized carbons (Fsp3) is 1.00. The molecule has 0 amide bonds. The molecule has 0 aromatic rings. The molecule has 2 aliphatic carbocycles. The zero-order chi connectivity index (χ0) is 13.0. The highest BCUT2D eigenvalue weighted by Crippen LogP contribution is 2.49. The van der Waals surface area contributed by atoms with Crippen LogP contribution in [0.2, 0.25) is 0 Å². The first-order valence-corrected chi connectivity index (χ1v) is 8.48. The molecule has 2 bridgehead atoms. The van der Waals surface area contributed by atoms with Gasteiger partial charge in [-0.3, -0.25) is 10.2 Å². The third-order valence-electron chi connectivity index (χ3n) is 6.60. The van der Waals surface area contributed by atoms with Crippen LogP contribution >= 0.6 is 0 Å². The summed E-state index contributed by atoms with van der Waals surface area (Å²) in [6, 6.07) is 1.60. The van der Waals surface area contributed by atoms with Gasteiger partial charge < -0.3 is 5.32 Å². The molecule has 0 aromatic carbocycles. The van der Waals surface area contributed by atoms with Crippen LogP contribution in [0.5, 0.6) is 0 Å². The number of piperidine rings is 1. The number of likely N-dealkylation sites (N-methyl/N-ethyl adjacent to an activating group) is 1. The average molecular weight is 263 g/mol. The number of hydrogen-bond acceptors (Lipinski definition) is 3. The highest BCUT2D eigenvalue weighted by molar-refractivity contribution is 5.04. The number of rotatable bonds is 1. The van der Waals surface area contributed by atoms with Crippen LogP contribution in [0.15, 0.2) is 0 Å². The molecule has 2 saturated heterocycles. The molecule has 7 unspecified atom stereocenters. The molecule has 4 fully saturated rings. The molecule has 2 saturated carbocycles. The molecule has 4 rings (SSSR count). The minimum absolute atomic E-state index is 0.595. The molecule has 4 aliphatic rings. The Morgan fingerprint density at radius 1 is 1.05 bits per heavy atom. The highest BCUT2D eigenvalue weighted by atomic mass is 15.4. The van der Waals surface area contributed by atoms with E-state index in [9.17, 15) is 0 Å². The maximum atomic E-state index is 3.87. The fourth-order valence-electron chi connectivity index (χ4n) is 5.89. The first kappa shape index (κ1) is 12.6. The predicted molar refractivity (Wildman–Crippen MR) is 77.9 cm³/mol. The Labute approximate surface area is 117 Å². The second-order valence-corrected chi connectivity index (χ2v) is 7.50. The average Bonchev–Trinajstić information content (AvgIpc) is 2.72. The molecule has 2 N–H and O–H groups in total. The molecule has 108 valence electrons. The Morgan fingerprint density at radius 3 is 2.74 bits per heavy atom. The monoisotopic (exact) mass is 263 g/mol. The van der Waals surface area contributed by atoms with Gasteiger partial charge in [0.1, 0.15) is 0 Å². The third-order valence-corrected chi connectivity index (χ3v) is 6.60. The summed E-state index contributed by atoms with van der Waals surface area (Å²) in [7, 11) is 0. The van der Waals surface area contributed by atoms with Gasteiger partial charge >= 0.3 is 0 Å². The summed E-state index contributed by atoms with van der Waals surface area (Å²) in [5.41, 5.74) is 0. The van der Waals surface area contributed by atoms with Gasteiger partial charge in [0, 0.05) is 12.1 Å². The Kier molecular flexibility index (Phi) is 3.13. The molecule has 0 radical (unpaired) electrons. The number of fused-ring (bicyclic) bond motifs is 5. The Morgan fingerprint density at radius 2 is 1.89 bits per heavy atom. The van der Waals surface area contributed by atoms with Crippen molar-refractivity contribution in [1.82, 2.24) is 15.5 Å². The zero-order valence-corrected chi connectivity index (χ0v) is 12.4. The van der Waals surface area contributed by atoms with Crippen LogP contribution in [0.3, 0.4) is 0 Å². The third kappa shape index (κ3) is 1.97. The van der Waals surface area contributed by atoms with Crippen LogP contribution in [0.1, 0.15) is 39.5 Å². The van der Waals surface area contributed by atoms with E-state index in [-0.39, 0.29) is 0 Å². The van der Waals surface area contributed by atoms with Crippen LogP contribution < -0.4 is 10.6 Å². The minimum Gasteiger partial charge on any atom is -0.316 e. The van der Waals surface area contributed by atoms with Crippen LogP contribution in [-0.4, -0.2) is 42.8 Å². The van der Waals surface area contributed by atoms with Crippen molar-refractivity contribution in [3.63, 3.8) is 0 Å². The van der Waals surface area contributed by atoms with E-state index in [1.807, 2.05) is 0 Å². The van der Waals surface area contributed by atoms with E-state index < -0.39 is 0 Å².